The highest BCUT2D eigenvalue weighted by Crippen LogP contribution is 2.35. The molecule has 16 heavy (non-hydrogen) atoms. The first kappa shape index (κ1) is 11.0. The van der Waals surface area contributed by atoms with Crippen LogP contribution in [0.2, 0.25) is 0 Å². The summed E-state index contributed by atoms with van der Waals surface area (Å²) in [4.78, 5) is 13.1. The van der Waals surface area contributed by atoms with Crippen LogP contribution in [0.25, 0.3) is 0 Å². The number of nitrogens with one attached hydrogen (secondary N) is 1. The minimum absolute atomic E-state index is 0.0705. The number of hydrogen-bond acceptors (Lipinski definition) is 4. The number of hydrogen-bond donors (Lipinski definition) is 1. The average Bonchev–Trinajstić information content (AvgIpc) is 2.58. The molecule has 2 rings (SSSR count). The number of rotatable bonds is 2. The molecule has 84 valence electrons. The van der Waals surface area contributed by atoms with E-state index in [-0.39, 0.29) is 11.1 Å². The third-order valence-corrected chi connectivity index (χ3v) is 3.27. The maximum atomic E-state index is 11.7. The molecule has 1 aliphatic heterocycles. The van der Waals surface area contributed by atoms with Crippen molar-refractivity contribution in [1.82, 2.24) is 0 Å². The van der Waals surface area contributed by atoms with Crippen LogP contribution < -0.4 is 9.64 Å². The number of amides is 1. The molecule has 0 unspecified atom stereocenters. The van der Waals surface area contributed by atoms with Gasteiger partial charge in [-0.05, 0) is 18.6 Å². The lowest BCUT2D eigenvalue weighted by Gasteiger charge is -2.19. The third kappa shape index (κ3) is 1.67. The van der Waals surface area contributed by atoms with E-state index in [0.717, 1.165) is 5.56 Å². The number of anilines is 1. The summed E-state index contributed by atoms with van der Waals surface area (Å²) in [6.07, 6.45) is 0. The van der Waals surface area contributed by atoms with E-state index in [1.807, 2.05) is 19.1 Å². The standard InChI is InChI=1S/C11H12N2O2S/c1-7-4-3-5-8(10(7)15-2)13-9(14)6-16-11(13)12/h3-5,12H,6H2,1-2H3. The molecule has 0 atom stereocenters. The number of para-hydroxylation sites is 1. The molecule has 1 fully saturated rings. The second-order valence-electron chi connectivity index (χ2n) is 3.45. The zero-order valence-electron chi connectivity index (χ0n) is 9.11. The van der Waals surface area contributed by atoms with Crippen molar-refractivity contribution >= 4 is 28.5 Å². The van der Waals surface area contributed by atoms with E-state index < -0.39 is 0 Å². The van der Waals surface area contributed by atoms with Gasteiger partial charge in [-0.2, -0.15) is 0 Å². The largest absolute Gasteiger partial charge is 0.494 e. The summed E-state index contributed by atoms with van der Waals surface area (Å²) in [6.45, 7) is 1.92. The Balaban J connectivity index is 2.51. The minimum Gasteiger partial charge on any atom is -0.494 e. The molecule has 5 heteroatoms. The summed E-state index contributed by atoms with van der Waals surface area (Å²) >= 11 is 1.24. The predicted octanol–water partition coefficient (Wildman–Crippen LogP) is 2.02. The highest BCUT2D eigenvalue weighted by Gasteiger charge is 2.30. The van der Waals surface area contributed by atoms with Gasteiger partial charge in [-0.25, -0.2) is 0 Å². The number of carbonyl (C=O) groups is 1. The quantitative estimate of drug-likeness (QED) is 0.854. The summed E-state index contributed by atoms with van der Waals surface area (Å²) in [5, 5.41) is 7.99. The Labute approximate surface area is 98.1 Å². The van der Waals surface area contributed by atoms with E-state index >= 15 is 0 Å². The van der Waals surface area contributed by atoms with E-state index in [0.29, 0.717) is 17.2 Å². The van der Waals surface area contributed by atoms with Gasteiger partial charge in [0.1, 0.15) is 5.75 Å². The van der Waals surface area contributed by atoms with Crippen LogP contribution in [0, 0.1) is 12.3 Å². The number of benzene rings is 1. The molecule has 1 saturated heterocycles. The Kier molecular flexibility index (Phi) is 2.87. The fourth-order valence-corrected chi connectivity index (χ4v) is 2.41. The summed E-state index contributed by atoms with van der Waals surface area (Å²) in [6, 6.07) is 5.57. The molecule has 0 spiro atoms. The summed E-state index contributed by atoms with van der Waals surface area (Å²) < 4.78 is 5.29. The van der Waals surface area contributed by atoms with Gasteiger partial charge in [0.25, 0.3) is 0 Å². The molecular formula is C11H12N2O2S. The smallest absolute Gasteiger partial charge is 0.243 e. The fraction of sp³-hybridized carbons (Fsp3) is 0.273. The molecule has 4 nitrogen and oxygen atoms in total. The van der Waals surface area contributed by atoms with Crippen molar-refractivity contribution in [3.05, 3.63) is 23.8 Å². The molecule has 1 amide bonds. The molecule has 1 heterocycles. The number of carbonyl (C=O) groups excluding carboxylic acids is 1. The van der Waals surface area contributed by atoms with Crippen LogP contribution in [0.1, 0.15) is 5.56 Å². The molecule has 1 aliphatic rings. The lowest BCUT2D eigenvalue weighted by Crippen LogP contribution is -2.29. The topological polar surface area (TPSA) is 53.4 Å². The van der Waals surface area contributed by atoms with Gasteiger partial charge in [0.05, 0.1) is 18.6 Å². The van der Waals surface area contributed by atoms with Crippen LogP contribution in [-0.4, -0.2) is 23.9 Å². The van der Waals surface area contributed by atoms with Crippen LogP contribution in [0.3, 0.4) is 0 Å². The highest BCUT2D eigenvalue weighted by atomic mass is 32.2. The lowest BCUT2D eigenvalue weighted by atomic mass is 10.2. The van der Waals surface area contributed by atoms with Crippen LogP contribution >= 0.6 is 11.8 Å². The van der Waals surface area contributed by atoms with Gasteiger partial charge in [-0.1, -0.05) is 23.9 Å². The molecule has 0 bridgehead atoms. The Bertz CT molecular complexity index is 443. The van der Waals surface area contributed by atoms with Crippen molar-refractivity contribution in [1.29, 1.82) is 5.41 Å². The Hall–Kier alpha value is -1.49. The number of ether oxygens (including phenoxy) is 1. The van der Waals surface area contributed by atoms with Crippen LogP contribution in [-0.2, 0) is 4.79 Å². The molecular weight excluding hydrogens is 224 g/mol. The molecule has 1 aromatic carbocycles. The normalized spacial score (nSPS) is 15.8. The van der Waals surface area contributed by atoms with Crippen molar-refractivity contribution in [2.75, 3.05) is 17.8 Å². The number of aryl methyl sites for hydroxylation is 1. The van der Waals surface area contributed by atoms with Crippen LogP contribution in [0.15, 0.2) is 18.2 Å². The molecule has 0 aliphatic carbocycles. The SMILES string of the molecule is COc1c(C)cccc1N1C(=N)SCC1=O. The van der Waals surface area contributed by atoms with E-state index in [1.54, 1.807) is 13.2 Å². The first-order valence-corrected chi connectivity index (χ1v) is 5.81. The first-order chi connectivity index (χ1) is 7.65. The van der Waals surface area contributed by atoms with Gasteiger partial charge < -0.3 is 4.74 Å². The lowest BCUT2D eigenvalue weighted by molar-refractivity contribution is -0.115. The maximum Gasteiger partial charge on any atom is 0.243 e. The van der Waals surface area contributed by atoms with E-state index in [9.17, 15) is 4.79 Å². The molecule has 0 saturated carbocycles. The molecule has 0 radical (unpaired) electrons. The zero-order chi connectivity index (χ0) is 11.7. The Morgan fingerprint density at radius 3 is 2.81 bits per heavy atom. The number of amidine groups is 1. The van der Waals surface area contributed by atoms with E-state index in [2.05, 4.69) is 0 Å². The second-order valence-corrected chi connectivity index (χ2v) is 4.41. The van der Waals surface area contributed by atoms with Gasteiger partial charge in [-0.15, -0.1) is 0 Å². The van der Waals surface area contributed by atoms with Crippen LogP contribution in [0.5, 0.6) is 5.75 Å². The maximum absolute atomic E-state index is 11.7. The van der Waals surface area contributed by atoms with Gasteiger partial charge in [0.2, 0.25) is 5.91 Å². The number of methoxy groups -OCH3 is 1. The number of thioether (sulfide) groups is 1. The Morgan fingerprint density at radius 2 is 2.25 bits per heavy atom. The van der Waals surface area contributed by atoms with Crippen molar-refractivity contribution < 1.29 is 9.53 Å². The summed E-state index contributed by atoms with van der Waals surface area (Å²) in [5.41, 5.74) is 1.61. The van der Waals surface area contributed by atoms with Crippen molar-refractivity contribution in [3.63, 3.8) is 0 Å². The number of nitrogens with zero attached hydrogens (tertiary/aromatic N) is 1. The monoisotopic (exact) mass is 236 g/mol. The van der Waals surface area contributed by atoms with E-state index in [1.165, 1.54) is 16.7 Å². The highest BCUT2D eigenvalue weighted by molar-refractivity contribution is 8.15. The Morgan fingerprint density at radius 1 is 1.50 bits per heavy atom. The first-order valence-electron chi connectivity index (χ1n) is 4.83. The summed E-state index contributed by atoms with van der Waals surface area (Å²) in [5.74, 6) is 0.914. The van der Waals surface area contributed by atoms with Crippen molar-refractivity contribution in [2.45, 2.75) is 6.92 Å². The van der Waals surface area contributed by atoms with Gasteiger partial charge in [0.15, 0.2) is 5.17 Å². The minimum atomic E-state index is -0.0705. The van der Waals surface area contributed by atoms with Crippen LogP contribution in [0.4, 0.5) is 5.69 Å². The zero-order valence-corrected chi connectivity index (χ0v) is 9.93. The van der Waals surface area contributed by atoms with Crippen molar-refractivity contribution in [3.8, 4) is 5.75 Å². The van der Waals surface area contributed by atoms with Gasteiger partial charge >= 0.3 is 0 Å². The second kappa shape index (κ2) is 4.17. The third-order valence-electron chi connectivity index (χ3n) is 2.42. The molecule has 1 aromatic rings. The molecule has 1 N–H and O–H groups in total. The van der Waals surface area contributed by atoms with Gasteiger partial charge in [0, 0.05) is 0 Å². The average molecular weight is 236 g/mol. The molecule has 0 aromatic heterocycles. The fourth-order valence-electron chi connectivity index (χ4n) is 1.69. The van der Waals surface area contributed by atoms with Gasteiger partial charge in [-0.3, -0.25) is 15.1 Å². The van der Waals surface area contributed by atoms with Crippen molar-refractivity contribution in [2.24, 2.45) is 0 Å². The predicted molar refractivity (Wildman–Crippen MR) is 65.4 cm³/mol. The summed E-state index contributed by atoms with van der Waals surface area (Å²) in [7, 11) is 1.57. The van der Waals surface area contributed by atoms with E-state index in [4.69, 9.17) is 10.1 Å².